The number of nitrogens with zero attached hydrogens (tertiary/aromatic N) is 2. The average molecular weight is 362 g/mol. The van der Waals surface area contributed by atoms with E-state index in [4.69, 9.17) is 4.42 Å². The normalized spacial score (nSPS) is 11.3. The number of sulfonamides is 1. The number of hydrogen-bond donors (Lipinski definition) is 1. The highest BCUT2D eigenvalue weighted by Gasteiger charge is 2.27. The maximum absolute atomic E-state index is 12.2. The maximum Gasteiger partial charge on any atom is 0.309 e. The topological polar surface area (TPSA) is 115 Å². The fourth-order valence-corrected chi connectivity index (χ4v) is 3.07. The van der Waals surface area contributed by atoms with Crippen molar-refractivity contribution < 1.29 is 17.8 Å². The fraction of sp³-hybridized carbons (Fsp3) is 0.100. The first-order valence-electron chi connectivity index (χ1n) is 5.18. The first kappa shape index (κ1) is 14.5. The standard InChI is InChI=1S/C10H8BrN3O5S/c1-6-5-19-10(12-6)13-20(17,18)9-4-7(11)2-3-8(9)14(15)16/h2-5H,1H3,(H,12,13). The van der Waals surface area contributed by atoms with Gasteiger partial charge in [-0.2, -0.15) is 4.98 Å². The Morgan fingerprint density at radius 2 is 2.15 bits per heavy atom. The molecule has 20 heavy (non-hydrogen) atoms. The second-order valence-corrected chi connectivity index (χ2v) is 6.34. The number of hydrogen-bond acceptors (Lipinski definition) is 6. The summed E-state index contributed by atoms with van der Waals surface area (Å²) in [6.07, 6.45) is 1.26. The van der Waals surface area contributed by atoms with E-state index in [9.17, 15) is 18.5 Å². The van der Waals surface area contributed by atoms with Crippen LogP contribution in [0, 0.1) is 17.0 Å². The van der Waals surface area contributed by atoms with E-state index in [0.717, 1.165) is 12.1 Å². The summed E-state index contributed by atoms with van der Waals surface area (Å²) in [5.41, 5.74) is -0.0598. The molecule has 1 heterocycles. The molecule has 2 rings (SSSR count). The van der Waals surface area contributed by atoms with Gasteiger partial charge in [-0.05, 0) is 19.1 Å². The lowest BCUT2D eigenvalue weighted by atomic mass is 10.3. The highest BCUT2D eigenvalue weighted by atomic mass is 79.9. The minimum absolute atomic E-state index is 0.253. The van der Waals surface area contributed by atoms with E-state index < -0.39 is 25.5 Å². The van der Waals surface area contributed by atoms with Crippen molar-refractivity contribution >= 4 is 37.7 Å². The Bertz CT molecular complexity index is 771. The van der Waals surface area contributed by atoms with Gasteiger partial charge in [0.15, 0.2) is 4.90 Å². The molecule has 1 aromatic carbocycles. The number of aromatic nitrogens is 1. The molecule has 0 saturated heterocycles. The molecule has 1 N–H and O–H groups in total. The molecule has 0 bridgehead atoms. The first-order chi connectivity index (χ1) is 9.29. The molecule has 0 atom stereocenters. The van der Waals surface area contributed by atoms with Crippen molar-refractivity contribution in [2.45, 2.75) is 11.8 Å². The van der Waals surface area contributed by atoms with Gasteiger partial charge in [0, 0.05) is 10.5 Å². The van der Waals surface area contributed by atoms with Crippen LogP contribution in [0.5, 0.6) is 0 Å². The Hall–Kier alpha value is -1.94. The van der Waals surface area contributed by atoms with Crippen molar-refractivity contribution in [1.82, 2.24) is 4.98 Å². The van der Waals surface area contributed by atoms with Crippen LogP contribution in [-0.4, -0.2) is 18.3 Å². The van der Waals surface area contributed by atoms with Gasteiger partial charge in [0.2, 0.25) is 0 Å². The number of halogens is 1. The maximum atomic E-state index is 12.2. The van der Waals surface area contributed by atoms with Crippen LogP contribution in [0.2, 0.25) is 0 Å². The molecule has 0 unspecified atom stereocenters. The molecule has 8 nitrogen and oxygen atoms in total. The van der Waals surface area contributed by atoms with Gasteiger partial charge in [0.1, 0.15) is 6.26 Å². The van der Waals surface area contributed by atoms with Crippen LogP contribution in [0.3, 0.4) is 0 Å². The van der Waals surface area contributed by atoms with Crippen LogP contribution in [0.1, 0.15) is 5.69 Å². The SMILES string of the molecule is Cc1coc(NS(=O)(=O)c2cc(Br)ccc2[N+](=O)[O-])n1. The molecule has 0 aliphatic heterocycles. The van der Waals surface area contributed by atoms with Crippen LogP contribution >= 0.6 is 15.9 Å². The summed E-state index contributed by atoms with van der Waals surface area (Å²) < 4.78 is 31.6. The number of aryl methyl sites for hydroxylation is 1. The number of rotatable bonds is 4. The number of nitro benzene ring substituents is 1. The molecule has 2 aromatic rings. The van der Waals surface area contributed by atoms with Crippen LogP contribution in [0.25, 0.3) is 0 Å². The largest absolute Gasteiger partial charge is 0.431 e. The number of benzene rings is 1. The Morgan fingerprint density at radius 1 is 1.45 bits per heavy atom. The van der Waals surface area contributed by atoms with Gasteiger partial charge in [-0.25, -0.2) is 13.1 Å². The third kappa shape index (κ3) is 2.96. The first-order valence-corrected chi connectivity index (χ1v) is 7.46. The third-order valence-electron chi connectivity index (χ3n) is 2.25. The quantitative estimate of drug-likeness (QED) is 0.660. The van der Waals surface area contributed by atoms with Gasteiger partial charge >= 0.3 is 6.01 Å². The molecule has 0 radical (unpaired) electrons. The molecular formula is C10H8BrN3O5S. The number of oxazole rings is 1. The Morgan fingerprint density at radius 3 is 2.70 bits per heavy atom. The molecule has 0 saturated carbocycles. The van der Waals surface area contributed by atoms with Crippen molar-refractivity contribution in [3.63, 3.8) is 0 Å². The molecule has 0 amide bonds. The van der Waals surface area contributed by atoms with Crippen LogP contribution in [-0.2, 0) is 10.0 Å². The second kappa shape index (κ2) is 5.21. The highest BCUT2D eigenvalue weighted by molar-refractivity contribution is 9.10. The van der Waals surface area contributed by atoms with Gasteiger partial charge in [0.25, 0.3) is 15.7 Å². The smallest absolute Gasteiger partial charge is 0.309 e. The van der Waals surface area contributed by atoms with E-state index in [0.29, 0.717) is 10.2 Å². The molecular weight excluding hydrogens is 354 g/mol. The van der Waals surface area contributed by atoms with Gasteiger partial charge in [-0.1, -0.05) is 15.9 Å². The lowest BCUT2D eigenvalue weighted by Crippen LogP contribution is -2.15. The second-order valence-electron chi connectivity index (χ2n) is 3.77. The predicted molar refractivity (Wildman–Crippen MR) is 72.8 cm³/mol. The molecule has 1 aromatic heterocycles. The number of nitro groups is 1. The zero-order chi connectivity index (χ0) is 14.9. The van der Waals surface area contributed by atoms with Gasteiger partial charge in [0.05, 0.1) is 10.6 Å². The van der Waals surface area contributed by atoms with E-state index in [2.05, 4.69) is 20.9 Å². The number of nitrogens with one attached hydrogen (secondary N) is 1. The molecule has 0 fully saturated rings. The van der Waals surface area contributed by atoms with Gasteiger partial charge < -0.3 is 4.42 Å². The number of anilines is 1. The Labute approximate surface area is 122 Å². The summed E-state index contributed by atoms with van der Waals surface area (Å²) in [5, 5.41) is 10.9. The summed E-state index contributed by atoms with van der Waals surface area (Å²) in [4.78, 5) is 13.4. The van der Waals surface area contributed by atoms with Gasteiger partial charge in [-0.15, -0.1) is 0 Å². The lowest BCUT2D eigenvalue weighted by Gasteiger charge is -2.05. The van der Waals surface area contributed by atoms with Crippen molar-refractivity contribution in [3.8, 4) is 0 Å². The van der Waals surface area contributed by atoms with Crippen LogP contribution in [0.4, 0.5) is 11.7 Å². The van der Waals surface area contributed by atoms with E-state index in [-0.39, 0.29) is 6.01 Å². The molecule has 10 heteroatoms. The van der Waals surface area contributed by atoms with Crippen molar-refractivity contribution in [1.29, 1.82) is 0 Å². The van der Waals surface area contributed by atoms with Crippen molar-refractivity contribution in [3.05, 3.63) is 44.7 Å². The predicted octanol–water partition coefficient (Wildman–Crippen LogP) is 2.45. The molecule has 0 aliphatic rings. The average Bonchev–Trinajstić information content (AvgIpc) is 2.73. The summed E-state index contributed by atoms with van der Waals surface area (Å²) in [6, 6.07) is 3.36. The fourth-order valence-electron chi connectivity index (χ4n) is 1.42. The Kier molecular flexibility index (Phi) is 3.77. The highest BCUT2D eigenvalue weighted by Crippen LogP contribution is 2.28. The zero-order valence-electron chi connectivity index (χ0n) is 10.0. The lowest BCUT2D eigenvalue weighted by molar-refractivity contribution is -0.387. The monoisotopic (exact) mass is 361 g/mol. The van der Waals surface area contributed by atoms with Crippen LogP contribution in [0.15, 0.2) is 38.2 Å². The van der Waals surface area contributed by atoms with E-state index >= 15 is 0 Å². The minimum Gasteiger partial charge on any atom is -0.431 e. The third-order valence-corrected chi connectivity index (χ3v) is 4.09. The van der Waals surface area contributed by atoms with Crippen LogP contribution < -0.4 is 4.72 Å². The molecule has 0 spiro atoms. The molecule has 0 aliphatic carbocycles. The summed E-state index contributed by atoms with van der Waals surface area (Å²) in [7, 11) is -4.18. The van der Waals surface area contributed by atoms with Gasteiger partial charge in [-0.3, -0.25) is 10.1 Å². The van der Waals surface area contributed by atoms with Crippen molar-refractivity contribution in [2.75, 3.05) is 4.72 Å². The summed E-state index contributed by atoms with van der Waals surface area (Å²) >= 11 is 3.07. The van der Waals surface area contributed by atoms with E-state index in [1.54, 1.807) is 6.92 Å². The zero-order valence-corrected chi connectivity index (χ0v) is 12.4. The summed E-state index contributed by atoms with van der Waals surface area (Å²) in [5.74, 6) is 0. The van der Waals surface area contributed by atoms with E-state index in [1.807, 2.05) is 4.72 Å². The minimum atomic E-state index is -4.18. The van der Waals surface area contributed by atoms with Crippen molar-refractivity contribution in [2.24, 2.45) is 0 Å². The molecule has 106 valence electrons. The van der Waals surface area contributed by atoms with E-state index in [1.165, 1.54) is 12.3 Å². The Balaban J connectivity index is 2.48. The summed E-state index contributed by atoms with van der Waals surface area (Å²) in [6.45, 7) is 1.61.